The molecule has 84 valence electrons. The van der Waals surface area contributed by atoms with Gasteiger partial charge in [-0.1, -0.05) is 41.9 Å². The van der Waals surface area contributed by atoms with Crippen LogP contribution in [-0.2, 0) is 11.3 Å². The van der Waals surface area contributed by atoms with Crippen LogP contribution in [0.25, 0.3) is 0 Å². The van der Waals surface area contributed by atoms with Gasteiger partial charge in [0.2, 0.25) is 0 Å². The number of hydrogen-bond donors (Lipinski definition) is 1. The van der Waals surface area contributed by atoms with Crippen molar-refractivity contribution in [1.82, 2.24) is 0 Å². The Morgan fingerprint density at radius 3 is 2.73 bits per heavy atom. The van der Waals surface area contributed by atoms with Crippen molar-refractivity contribution in [3.63, 3.8) is 0 Å². The molecule has 1 rings (SSSR count). The predicted molar refractivity (Wildman–Crippen MR) is 66.6 cm³/mol. The molecule has 0 saturated heterocycles. The van der Waals surface area contributed by atoms with Crippen molar-refractivity contribution >= 4 is 15.9 Å². The molecule has 1 atom stereocenters. The first-order valence-corrected chi connectivity index (χ1v) is 5.96. The maximum Gasteiger partial charge on any atom is 0.0718 e. The van der Waals surface area contributed by atoms with Gasteiger partial charge < -0.3 is 10.5 Å². The normalized spacial score (nSPS) is 13.1. The Labute approximate surface area is 99.9 Å². The Morgan fingerprint density at radius 2 is 2.13 bits per heavy atom. The van der Waals surface area contributed by atoms with Crippen molar-refractivity contribution in [2.24, 2.45) is 11.7 Å². The van der Waals surface area contributed by atoms with Gasteiger partial charge in [-0.05, 0) is 23.6 Å². The van der Waals surface area contributed by atoms with E-state index in [9.17, 15) is 0 Å². The number of rotatable bonds is 5. The quantitative estimate of drug-likeness (QED) is 0.894. The molecule has 0 saturated carbocycles. The van der Waals surface area contributed by atoms with E-state index >= 15 is 0 Å². The van der Waals surface area contributed by atoms with E-state index in [1.54, 1.807) is 0 Å². The van der Waals surface area contributed by atoms with Crippen LogP contribution in [0.1, 0.15) is 19.4 Å². The fraction of sp³-hybridized carbons (Fsp3) is 0.500. The number of hydrogen-bond acceptors (Lipinski definition) is 2. The minimum atomic E-state index is 0.122. The number of halogens is 1. The molecule has 2 N–H and O–H groups in total. The topological polar surface area (TPSA) is 35.2 Å². The second-order valence-electron chi connectivity index (χ2n) is 4.05. The average Bonchev–Trinajstić information content (AvgIpc) is 2.17. The van der Waals surface area contributed by atoms with Crippen LogP contribution in [0.3, 0.4) is 0 Å². The predicted octanol–water partition coefficient (Wildman–Crippen LogP) is 2.95. The molecule has 15 heavy (non-hydrogen) atoms. The van der Waals surface area contributed by atoms with E-state index in [0.717, 1.165) is 4.47 Å². The van der Waals surface area contributed by atoms with Crippen LogP contribution < -0.4 is 5.73 Å². The molecule has 0 heterocycles. The summed E-state index contributed by atoms with van der Waals surface area (Å²) in [7, 11) is 0. The van der Waals surface area contributed by atoms with E-state index in [1.165, 1.54) is 5.56 Å². The molecule has 0 aromatic heterocycles. The van der Waals surface area contributed by atoms with Crippen LogP contribution >= 0.6 is 15.9 Å². The third-order valence-electron chi connectivity index (χ3n) is 2.32. The summed E-state index contributed by atoms with van der Waals surface area (Å²) in [6.45, 7) is 5.45. The lowest BCUT2D eigenvalue weighted by Crippen LogP contribution is -2.31. The van der Waals surface area contributed by atoms with E-state index in [1.807, 2.05) is 18.2 Å². The average molecular weight is 272 g/mol. The Hall–Kier alpha value is -0.380. The van der Waals surface area contributed by atoms with Crippen molar-refractivity contribution < 1.29 is 4.74 Å². The second kappa shape index (κ2) is 6.26. The highest BCUT2D eigenvalue weighted by molar-refractivity contribution is 9.10. The second-order valence-corrected chi connectivity index (χ2v) is 4.97. The minimum absolute atomic E-state index is 0.122. The van der Waals surface area contributed by atoms with Gasteiger partial charge in [-0.2, -0.15) is 0 Å². The molecule has 0 radical (unpaired) electrons. The molecule has 0 spiro atoms. The van der Waals surface area contributed by atoms with E-state index in [-0.39, 0.29) is 6.04 Å². The molecule has 0 aliphatic rings. The van der Waals surface area contributed by atoms with Gasteiger partial charge in [-0.3, -0.25) is 0 Å². The monoisotopic (exact) mass is 271 g/mol. The molecule has 0 amide bonds. The van der Waals surface area contributed by atoms with Crippen molar-refractivity contribution in [3.05, 3.63) is 34.3 Å². The SMILES string of the molecule is CC(C)[C@H](N)COCc1cccc(Br)c1. The van der Waals surface area contributed by atoms with E-state index < -0.39 is 0 Å². The first-order chi connectivity index (χ1) is 7.09. The molecule has 2 nitrogen and oxygen atoms in total. The maximum absolute atomic E-state index is 5.88. The standard InChI is InChI=1S/C12H18BrNO/c1-9(2)12(14)8-15-7-10-4-3-5-11(13)6-10/h3-6,9,12H,7-8,14H2,1-2H3/t12-/m1/s1. The summed E-state index contributed by atoms with van der Waals surface area (Å²) in [5.74, 6) is 0.465. The Morgan fingerprint density at radius 1 is 1.40 bits per heavy atom. The highest BCUT2D eigenvalue weighted by atomic mass is 79.9. The fourth-order valence-electron chi connectivity index (χ4n) is 1.13. The Bertz CT molecular complexity index is 301. The summed E-state index contributed by atoms with van der Waals surface area (Å²) >= 11 is 3.43. The first-order valence-electron chi connectivity index (χ1n) is 5.17. The van der Waals surface area contributed by atoms with Crippen molar-refractivity contribution in [1.29, 1.82) is 0 Å². The smallest absolute Gasteiger partial charge is 0.0718 e. The highest BCUT2D eigenvalue weighted by Crippen LogP contribution is 2.12. The third kappa shape index (κ3) is 4.78. The number of nitrogens with two attached hydrogens (primary N) is 1. The third-order valence-corrected chi connectivity index (χ3v) is 2.82. The Balaban J connectivity index is 2.32. The summed E-state index contributed by atoms with van der Waals surface area (Å²) in [4.78, 5) is 0. The van der Waals surface area contributed by atoms with Gasteiger partial charge in [0.1, 0.15) is 0 Å². The maximum atomic E-state index is 5.88. The molecular formula is C12H18BrNO. The largest absolute Gasteiger partial charge is 0.375 e. The molecule has 0 fully saturated rings. The lowest BCUT2D eigenvalue weighted by Gasteiger charge is -2.15. The zero-order valence-corrected chi connectivity index (χ0v) is 10.8. The molecule has 0 aliphatic carbocycles. The van der Waals surface area contributed by atoms with Crippen LogP contribution in [0.15, 0.2) is 28.7 Å². The molecule has 0 aliphatic heterocycles. The van der Waals surface area contributed by atoms with Crippen LogP contribution in [0, 0.1) is 5.92 Å². The van der Waals surface area contributed by atoms with E-state index in [0.29, 0.717) is 19.1 Å². The number of benzene rings is 1. The zero-order valence-electron chi connectivity index (χ0n) is 9.24. The lowest BCUT2D eigenvalue weighted by atomic mass is 10.1. The van der Waals surface area contributed by atoms with Crippen LogP contribution in [-0.4, -0.2) is 12.6 Å². The molecule has 1 aromatic carbocycles. The summed E-state index contributed by atoms with van der Waals surface area (Å²) in [6.07, 6.45) is 0. The van der Waals surface area contributed by atoms with Gasteiger partial charge in [-0.15, -0.1) is 0 Å². The minimum Gasteiger partial charge on any atom is -0.375 e. The molecule has 3 heteroatoms. The number of ether oxygens (including phenoxy) is 1. The van der Waals surface area contributed by atoms with Gasteiger partial charge in [0, 0.05) is 10.5 Å². The zero-order chi connectivity index (χ0) is 11.3. The van der Waals surface area contributed by atoms with Crippen molar-refractivity contribution in [2.75, 3.05) is 6.61 Å². The Kier molecular flexibility index (Phi) is 5.29. The van der Waals surface area contributed by atoms with E-state index in [2.05, 4.69) is 35.8 Å². The van der Waals surface area contributed by atoms with Crippen LogP contribution in [0.2, 0.25) is 0 Å². The summed E-state index contributed by atoms with van der Waals surface area (Å²) < 4.78 is 6.63. The molecule has 0 unspecified atom stereocenters. The molecule has 0 bridgehead atoms. The molecular weight excluding hydrogens is 254 g/mol. The van der Waals surface area contributed by atoms with Gasteiger partial charge in [0.25, 0.3) is 0 Å². The van der Waals surface area contributed by atoms with Crippen molar-refractivity contribution in [3.8, 4) is 0 Å². The van der Waals surface area contributed by atoms with Crippen molar-refractivity contribution in [2.45, 2.75) is 26.5 Å². The van der Waals surface area contributed by atoms with Gasteiger partial charge in [0.05, 0.1) is 13.2 Å². The van der Waals surface area contributed by atoms with E-state index in [4.69, 9.17) is 10.5 Å². The summed E-state index contributed by atoms with van der Waals surface area (Å²) in [6, 6.07) is 8.23. The highest BCUT2D eigenvalue weighted by Gasteiger charge is 2.07. The molecule has 1 aromatic rings. The van der Waals surface area contributed by atoms with Crippen LogP contribution in [0.5, 0.6) is 0 Å². The van der Waals surface area contributed by atoms with Crippen LogP contribution in [0.4, 0.5) is 0 Å². The summed E-state index contributed by atoms with van der Waals surface area (Å²) in [5.41, 5.74) is 7.04. The fourth-order valence-corrected chi connectivity index (χ4v) is 1.58. The lowest BCUT2D eigenvalue weighted by molar-refractivity contribution is 0.0973. The van der Waals surface area contributed by atoms with Gasteiger partial charge in [0.15, 0.2) is 0 Å². The summed E-state index contributed by atoms with van der Waals surface area (Å²) in [5, 5.41) is 0. The van der Waals surface area contributed by atoms with Gasteiger partial charge >= 0.3 is 0 Å². The van der Waals surface area contributed by atoms with Gasteiger partial charge in [-0.25, -0.2) is 0 Å². The first kappa shape index (κ1) is 12.7.